The van der Waals surface area contributed by atoms with Gasteiger partial charge in [0.15, 0.2) is 6.23 Å². The smallest absolute Gasteiger partial charge is 0.483 e. The molecule has 0 bridgehead atoms. The van der Waals surface area contributed by atoms with E-state index in [0.717, 1.165) is 5.56 Å². The molecule has 88 valence electrons. The Morgan fingerprint density at radius 1 is 1.06 bits per heavy atom. The van der Waals surface area contributed by atoms with Crippen LogP contribution in [0.3, 0.4) is 0 Å². The van der Waals surface area contributed by atoms with Crippen molar-refractivity contribution in [2.75, 3.05) is 0 Å². The van der Waals surface area contributed by atoms with Crippen LogP contribution in [0.5, 0.6) is 0 Å². The molecule has 1 aliphatic rings. The molecule has 1 unspecified atom stereocenters. The molecule has 0 aliphatic carbocycles. The van der Waals surface area contributed by atoms with Crippen molar-refractivity contribution in [3.8, 4) is 0 Å². The number of hydrogen-bond donors (Lipinski definition) is 0. The fourth-order valence-electron chi connectivity index (χ4n) is 1.36. The first-order chi connectivity index (χ1) is 7.97. The summed E-state index contributed by atoms with van der Waals surface area (Å²) in [6, 6.07) is 18.0. The van der Waals surface area contributed by atoms with Crippen LogP contribution in [0.15, 0.2) is 71.9 Å². The van der Waals surface area contributed by atoms with Crippen LogP contribution in [0, 0.1) is 0 Å². The van der Waals surface area contributed by atoms with Gasteiger partial charge in [-0.05, 0) is 6.08 Å². The Morgan fingerprint density at radius 2 is 1.76 bits per heavy atom. The molecule has 1 atom stereocenters. The molecule has 3 rings (SSSR count). The molecule has 0 saturated carbocycles. The van der Waals surface area contributed by atoms with Crippen molar-refractivity contribution in [3.63, 3.8) is 0 Å². The molecular formula is C14H13FeNO. The van der Waals surface area contributed by atoms with Crippen molar-refractivity contribution in [1.82, 2.24) is 0 Å². The second kappa shape index (κ2) is 7.66. The van der Waals surface area contributed by atoms with Gasteiger partial charge >= 0.3 is 17.1 Å². The van der Waals surface area contributed by atoms with Crippen LogP contribution in [0.25, 0.3) is 0 Å². The average Bonchev–Trinajstić information content (AvgIpc) is 3.07. The largest absolute Gasteiger partial charge is 2.00 e. The van der Waals surface area contributed by atoms with Gasteiger partial charge in [-0.2, -0.15) is 30.3 Å². The minimum atomic E-state index is -0.130. The van der Waals surface area contributed by atoms with Gasteiger partial charge in [-0.25, -0.2) is 24.3 Å². The van der Waals surface area contributed by atoms with Gasteiger partial charge in [0.1, 0.15) is 0 Å². The van der Waals surface area contributed by atoms with Crippen LogP contribution >= 0.6 is 0 Å². The molecule has 0 amide bonds. The summed E-state index contributed by atoms with van der Waals surface area (Å²) in [5, 5.41) is 0. The molecule has 17 heavy (non-hydrogen) atoms. The van der Waals surface area contributed by atoms with E-state index in [1.54, 1.807) is 18.6 Å². The Morgan fingerprint density at radius 3 is 2.24 bits per heavy atom. The first kappa shape index (κ1) is 13.5. The number of rotatable bonds is 1. The quantitative estimate of drug-likeness (QED) is 0.573. The van der Waals surface area contributed by atoms with E-state index in [4.69, 9.17) is 4.74 Å². The van der Waals surface area contributed by atoms with Crippen molar-refractivity contribution < 1.29 is 21.8 Å². The number of allylic oxidation sites excluding steroid dienone is 1. The maximum absolute atomic E-state index is 5.24. The van der Waals surface area contributed by atoms with Gasteiger partial charge < -0.3 is 4.74 Å². The summed E-state index contributed by atoms with van der Waals surface area (Å²) in [6.45, 7) is 0. The van der Waals surface area contributed by atoms with E-state index in [9.17, 15) is 0 Å². The number of ether oxygens (including phenoxy) is 1. The topological polar surface area (TPSA) is 21.6 Å². The zero-order valence-corrected chi connectivity index (χ0v) is 10.3. The van der Waals surface area contributed by atoms with E-state index in [0.29, 0.717) is 0 Å². The third kappa shape index (κ3) is 4.43. The standard InChI is InChI=1S/C9H8NO.C5H5.Fe/c1-2-5-8(4-1)9-10-6-3-7-11-9;1-2-4-5-3-1;/h1-7,9H;1-5H;/q2*-1;+2. The molecule has 3 heteroatoms. The first-order valence-electron chi connectivity index (χ1n) is 5.19. The van der Waals surface area contributed by atoms with Crippen LogP contribution in [-0.4, -0.2) is 6.21 Å². The van der Waals surface area contributed by atoms with Crippen molar-refractivity contribution in [2.24, 2.45) is 4.99 Å². The summed E-state index contributed by atoms with van der Waals surface area (Å²) >= 11 is 0. The van der Waals surface area contributed by atoms with Gasteiger partial charge in [-0.15, -0.1) is 0 Å². The van der Waals surface area contributed by atoms with Crippen LogP contribution in [0.1, 0.15) is 11.8 Å². The van der Waals surface area contributed by atoms with Crippen molar-refractivity contribution in [1.29, 1.82) is 0 Å². The van der Waals surface area contributed by atoms with E-state index in [1.165, 1.54) is 0 Å². The molecule has 1 aliphatic heterocycles. The van der Waals surface area contributed by atoms with Gasteiger partial charge in [0.25, 0.3) is 0 Å². The van der Waals surface area contributed by atoms with Crippen LogP contribution in [0.4, 0.5) is 0 Å². The van der Waals surface area contributed by atoms with Crippen molar-refractivity contribution in [2.45, 2.75) is 6.23 Å². The molecule has 0 radical (unpaired) electrons. The number of hydrogen-bond acceptors (Lipinski definition) is 2. The van der Waals surface area contributed by atoms with Gasteiger partial charge in [-0.1, -0.05) is 5.56 Å². The molecule has 0 aromatic heterocycles. The van der Waals surface area contributed by atoms with Crippen LogP contribution < -0.4 is 0 Å². The van der Waals surface area contributed by atoms with E-state index < -0.39 is 0 Å². The van der Waals surface area contributed by atoms with E-state index >= 15 is 0 Å². The van der Waals surface area contributed by atoms with Crippen molar-refractivity contribution >= 4 is 6.21 Å². The van der Waals surface area contributed by atoms with E-state index in [-0.39, 0.29) is 23.3 Å². The van der Waals surface area contributed by atoms with Crippen molar-refractivity contribution in [3.05, 3.63) is 72.5 Å². The summed E-state index contributed by atoms with van der Waals surface area (Å²) in [6.07, 6.45) is 5.06. The van der Waals surface area contributed by atoms with Gasteiger partial charge in [-0.3, -0.25) is 4.99 Å². The van der Waals surface area contributed by atoms with Gasteiger partial charge in [0.2, 0.25) is 0 Å². The van der Waals surface area contributed by atoms with Gasteiger partial charge in [0.05, 0.1) is 6.26 Å². The summed E-state index contributed by atoms with van der Waals surface area (Å²) in [5.74, 6) is 0. The normalized spacial score (nSPS) is 16.4. The SMILES string of the molecule is C1=COC([c-]2cccc2)N=C1.[Fe+2].c1cc[cH-]c1. The van der Waals surface area contributed by atoms with E-state index in [1.807, 2.05) is 54.6 Å². The Kier molecular flexibility index (Phi) is 6.08. The minimum absolute atomic E-state index is 0. The molecule has 1 heterocycles. The fraction of sp³-hybridized carbons (Fsp3) is 0.0714. The van der Waals surface area contributed by atoms with Crippen LogP contribution in [-0.2, 0) is 21.8 Å². The first-order valence-corrected chi connectivity index (χ1v) is 5.19. The summed E-state index contributed by atoms with van der Waals surface area (Å²) < 4.78 is 5.24. The Labute approximate surface area is 112 Å². The second-order valence-electron chi connectivity index (χ2n) is 3.30. The predicted molar refractivity (Wildman–Crippen MR) is 65.5 cm³/mol. The predicted octanol–water partition coefficient (Wildman–Crippen LogP) is 3.42. The third-order valence-corrected chi connectivity index (χ3v) is 2.12. The number of nitrogens with zero attached hydrogens (tertiary/aromatic N) is 1. The molecule has 2 aromatic rings. The van der Waals surface area contributed by atoms with Gasteiger partial charge in [0, 0.05) is 6.21 Å². The Bertz CT molecular complexity index is 412. The summed E-state index contributed by atoms with van der Waals surface area (Å²) in [4.78, 5) is 4.14. The number of aliphatic imine (C=N–C) groups is 1. The maximum Gasteiger partial charge on any atom is 2.00 e. The molecule has 0 N–H and O–H groups in total. The Balaban J connectivity index is 0.000000205. The third-order valence-electron chi connectivity index (χ3n) is 2.12. The zero-order chi connectivity index (χ0) is 11.1. The molecule has 0 spiro atoms. The fourth-order valence-corrected chi connectivity index (χ4v) is 1.36. The average molecular weight is 267 g/mol. The molecule has 2 aromatic carbocycles. The molecular weight excluding hydrogens is 254 g/mol. The summed E-state index contributed by atoms with van der Waals surface area (Å²) in [7, 11) is 0. The zero-order valence-electron chi connectivity index (χ0n) is 9.21. The molecule has 2 nitrogen and oxygen atoms in total. The maximum atomic E-state index is 5.24. The summed E-state index contributed by atoms with van der Waals surface area (Å²) in [5.41, 5.74) is 1.10. The van der Waals surface area contributed by atoms with E-state index in [2.05, 4.69) is 4.99 Å². The van der Waals surface area contributed by atoms with Crippen LogP contribution in [0.2, 0.25) is 0 Å². The Hall–Kier alpha value is -1.57. The second-order valence-corrected chi connectivity index (χ2v) is 3.30. The minimum Gasteiger partial charge on any atom is -0.483 e. The molecule has 0 fully saturated rings. The monoisotopic (exact) mass is 267 g/mol. The molecule has 0 saturated heterocycles.